The van der Waals surface area contributed by atoms with Gasteiger partial charge in [0.15, 0.2) is 0 Å². The van der Waals surface area contributed by atoms with Gasteiger partial charge in [-0.25, -0.2) is 0 Å². The summed E-state index contributed by atoms with van der Waals surface area (Å²) in [6.45, 7) is 2.00. The first-order valence-corrected chi connectivity index (χ1v) is 4.79. The van der Waals surface area contributed by atoms with E-state index in [1.165, 1.54) is 0 Å². The summed E-state index contributed by atoms with van der Waals surface area (Å²) in [6, 6.07) is 2.01. The van der Waals surface area contributed by atoms with Crippen LogP contribution in [-0.2, 0) is 0 Å². The van der Waals surface area contributed by atoms with Crippen LogP contribution in [0.1, 0.15) is 29.4 Å². The highest BCUT2D eigenvalue weighted by molar-refractivity contribution is 7.10. The number of aliphatic hydroxyl groups excluding tert-OH is 1. The first-order valence-electron chi connectivity index (χ1n) is 3.91. The van der Waals surface area contributed by atoms with Crippen LogP contribution in [0.5, 0.6) is 0 Å². The van der Waals surface area contributed by atoms with Gasteiger partial charge in [0.1, 0.15) is 0 Å². The van der Waals surface area contributed by atoms with Gasteiger partial charge in [-0.15, -0.1) is 23.7 Å². The lowest BCUT2D eigenvalue weighted by molar-refractivity contribution is 0.172. The quantitative estimate of drug-likeness (QED) is 0.709. The highest BCUT2D eigenvalue weighted by Crippen LogP contribution is 2.26. The molecule has 0 aromatic carbocycles. The second-order valence-electron chi connectivity index (χ2n) is 2.73. The van der Waals surface area contributed by atoms with E-state index >= 15 is 0 Å². The zero-order chi connectivity index (χ0) is 8.97. The molecule has 1 aromatic rings. The summed E-state index contributed by atoms with van der Waals surface area (Å²) in [7, 11) is 0. The lowest BCUT2D eigenvalue weighted by Gasteiger charge is -2.06. The minimum atomic E-state index is -0.374. The fourth-order valence-corrected chi connectivity index (χ4v) is 2.02. The topological polar surface area (TPSA) is 20.2 Å². The fraction of sp³-hybridized carbons (Fsp3) is 0.400. The molecular formula is C10H12OS. The lowest BCUT2D eigenvalue weighted by Crippen LogP contribution is -1.95. The Morgan fingerprint density at radius 3 is 3.00 bits per heavy atom. The molecule has 0 bridgehead atoms. The molecule has 1 rings (SSSR count). The van der Waals surface area contributed by atoms with Crippen molar-refractivity contribution in [2.45, 2.75) is 25.9 Å². The first kappa shape index (κ1) is 9.31. The zero-order valence-electron chi connectivity index (χ0n) is 7.08. The molecule has 0 amide bonds. The summed E-state index contributed by atoms with van der Waals surface area (Å²) in [5, 5.41) is 11.6. The van der Waals surface area contributed by atoms with E-state index in [0.717, 1.165) is 10.4 Å². The van der Waals surface area contributed by atoms with Gasteiger partial charge in [-0.1, -0.05) is 0 Å². The third-order valence-corrected chi connectivity index (χ3v) is 2.89. The van der Waals surface area contributed by atoms with Crippen molar-refractivity contribution in [3.63, 3.8) is 0 Å². The van der Waals surface area contributed by atoms with Gasteiger partial charge in [0, 0.05) is 11.3 Å². The standard InChI is InChI=1S/C10H12OS/c1-3-4-5-9(11)10-8(2)6-7-12-10/h1,6-7,9,11H,4-5H2,2H3. The Morgan fingerprint density at radius 1 is 1.75 bits per heavy atom. The Labute approximate surface area is 77.1 Å². The molecule has 0 saturated carbocycles. The highest BCUT2D eigenvalue weighted by atomic mass is 32.1. The van der Waals surface area contributed by atoms with Crippen molar-refractivity contribution in [2.24, 2.45) is 0 Å². The van der Waals surface area contributed by atoms with Crippen LogP contribution in [0.4, 0.5) is 0 Å². The number of hydrogen-bond donors (Lipinski definition) is 1. The van der Waals surface area contributed by atoms with E-state index in [0.29, 0.717) is 12.8 Å². The van der Waals surface area contributed by atoms with Gasteiger partial charge in [0.05, 0.1) is 6.10 Å². The lowest BCUT2D eigenvalue weighted by atomic mass is 10.1. The fourth-order valence-electron chi connectivity index (χ4n) is 1.08. The van der Waals surface area contributed by atoms with E-state index in [-0.39, 0.29) is 6.10 Å². The van der Waals surface area contributed by atoms with Gasteiger partial charge < -0.3 is 5.11 Å². The number of rotatable bonds is 3. The van der Waals surface area contributed by atoms with Gasteiger partial charge in [-0.05, 0) is 30.4 Å². The SMILES string of the molecule is C#CCCC(O)c1sccc1C. The summed E-state index contributed by atoms with van der Waals surface area (Å²) in [5.41, 5.74) is 1.16. The van der Waals surface area contributed by atoms with Gasteiger partial charge in [0.2, 0.25) is 0 Å². The Balaban J connectivity index is 2.60. The minimum absolute atomic E-state index is 0.374. The molecular weight excluding hydrogens is 168 g/mol. The van der Waals surface area contributed by atoms with Gasteiger partial charge in [-0.3, -0.25) is 0 Å². The van der Waals surface area contributed by atoms with Crippen LogP contribution in [0.15, 0.2) is 11.4 Å². The van der Waals surface area contributed by atoms with E-state index in [9.17, 15) is 5.11 Å². The second kappa shape index (κ2) is 4.30. The van der Waals surface area contributed by atoms with Gasteiger partial charge >= 0.3 is 0 Å². The molecule has 0 saturated heterocycles. The van der Waals surface area contributed by atoms with E-state index in [2.05, 4.69) is 5.92 Å². The number of hydrogen-bond acceptors (Lipinski definition) is 2. The first-order chi connectivity index (χ1) is 5.75. The van der Waals surface area contributed by atoms with Crippen LogP contribution in [0.3, 0.4) is 0 Å². The number of terminal acetylenes is 1. The second-order valence-corrected chi connectivity index (χ2v) is 3.67. The third-order valence-electron chi connectivity index (χ3n) is 1.77. The molecule has 1 aromatic heterocycles. The maximum absolute atomic E-state index is 9.64. The van der Waals surface area contributed by atoms with Crippen molar-refractivity contribution in [1.29, 1.82) is 0 Å². The van der Waals surface area contributed by atoms with E-state index in [1.54, 1.807) is 11.3 Å². The predicted molar refractivity (Wildman–Crippen MR) is 52.1 cm³/mol. The van der Waals surface area contributed by atoms with Crippen molar-refractivity contribution < 1.29 is 5.11 Å². The summed E-state index contributed by atoms with van der Waals surface area (Å²) in [4.78, 5) is 1.05. The Kier molecular flexibility index (Phi) is 3.33. The molecule has 0 aliphatic carbocycles. The average molecular weight is 180 g/mol. The summed E-state index contributed by atoms with van der Waals surface area (Å²) >= 11 is 1.59. The molecule has 0 spiro atoms. The van der Waals surface area contributed by atoms with Crippen LogP contribution in [0, 0.1) is 19.3 Å². The largest absolute Gasteiger partial charge is 0.388 e. The Morgan fingerprint density at radius 2 is 2.50 bits per heavy atom. The van der Waals surface area contributed by atoms with Crippen LogP contribution < -0.4 is 0 Å². The van der Waals surface area contributed by atoms with Crippen LogP contribution in [0.2, 0.25) is 0 Å². The smallest absolute Gasteiger partial charge is 0.0893 e. The van der Waals surface area contributed by atoms with Crippen LogP contribution in [0.25, 0.3) is 0 Å². The Hall–Kier alpha value is -0.780. The van der Waals surface area contributed by atoms with E-state index in [1.807, 2.05) is 18.4 Å². The monoisotopic (exact) mass is 180 g/mol. The maximum atomic E-state index is 9.64. The average Bonchev–Trinajstić information content (AvgIpc) is 2.47. The molecule has 0 radical (unpaired) electrons. The molecule has 64 valence electrons. The minimum Gasteiger partial charge on any atom is -0.388 e. The molecule has 1 unspecified atom stereocenters. The zero-order valence-corrected chi connectivity index (χ0v) is 7.90. The molecule has 0 fully saturated rings. The molecule has 12 heavy (non-hydrogen) atoms. The molecule has 0 aliphatic rings. The summed E-state index contributed by atoms with van der Waals surface area (Å²) in [6.07, 6.45) is 6.04. The molecule has 1 nitrogen and oxygen atoms in total. The van der Waals surface area contributed by atoms with Crippen LogP contribution in [-0.4, -0.2) is 5.11 Å². The van der Waals surface area contributed by atoms with Gasteiger partial charge in [0.25, 0.3) is 0 Å². The van der Waals surface area contributed by atoms with Crippen molar-refractivity contribution in [3.8, 4) is 12.3 Å². The Bertz CT molecular complexity index is 282. The van der Waals surface area contributed by atoms with E-state index in [4.69, 9.17) is 6.42 Å². The normalized spacial score (nSPS) is 12.4. The van der Waals surface area contributed by atoms with Crippen molar-refractivity contribution >= 4 is 11.3 Å². The molecule has 1 heterocycles. The summed E-state index contributed by atoms with van der Waals surface area (Å²) in [5.74, 6) is 2.52. The van der Waals surface area contributed by atoms with Crippen molar-refractivity contribution in [3.05, 3.63) is 21.9 Å². The maximum Gasteiger partial charge on any atom is 0.0893 e. The number of aryl methyl sites for hydroxylation is 1. The van der Waals surface area contributed by atoms with Gasteiger partial charge in [-0.2, -0.15) is 0 Å². The number of thiophene rings is 1. The molecule has 1 N–H and O–H groups in total. The third kappa shape index (κ3) is 2.10. The summed E-state index contributed by atoms with van der Waals surface area (Å²) < 4.78 is 0. The van der Waals surface area contributed by atoms with Crippen molar-refractivity contribution in [1.82, 2.24) is 0 Å². The van der Waals surface area contributed by atoms with Crippen LogP contribution >= 0.6 is 11.3 Å². The molecule has 1 atom stereocenters. The molecule has 0 aliphatic heterocycles. The molecule has 2 heteroatoms. The number of aliphatic hydroxyl groups is 1. The predicted octanol–water partition coefficient (Wildman–Crippen LogP) is 2.50. The van der Waals surface area contributed by atoms with Crippen molar-refractivity contribution in [2.75, 3.05) is 0 Å². The van der Waals surface area contributed by atoms with E-state index < -0.39 is 0 Å². The highest BCUT2D eigenvalue weighted by Gasteiger charge is 2.10.